The number of benzene rings is 2. The molecule has 2 aromatic carbocycles. The first-order valence-corrected chi connectivity index (χ1v) is 9.79. The van der Waals surface area contributed by atoms with E-state index in [9.17, 15) is 14.0 Å². The van der Waals surface area contributed by atoms with E-state index >= 15 is 0 Å². The number of aliphatic carboxylic acids is 1. The predicted molar refractivity (Wildman–Crippen MR) is 108 cm³/mol. The van der Waals surface area contributed by atoms with Gasteiger partial charge in [-0.05, 0) is 37.1 Å². The molecule has 0 amide bonds. The summed E-state index contributed by atoms with van der Waals surface area (Å²) in [5, 5.41) is 8.96. The number of hydrogen-bond acceptors (Lipinski definition) is 5. The zero-order valence-electron chi connectivity index (χ0n) is 15.8. The molecule has 1 aliphatic carbocycles. The van der Waals surface area contributed by atoms with E-state index in [-0.39, 0.29) is 40.4 Å². The van der Waals surface area contributed by atoms with Crippen LogP contribution in [-0.4, -0.2) is 30.4 Å². The molecule has 1 saturated carbocycles. The zero-order valence-corrected chi connectivity index (χ0v) is 16.5. The third kappa shape index (κ3) is 4.17. The van der Waals surface area contributed by atoms with Gasteiger partial charge in [0.05, 0.1) is 34.6 Å². The Balaban J connectivity index is 1.48. The van der Waals surface area contributed by atoms with Gasteiger partial charge in [0.25, 0.3) is 0 Å². The highest BCUT2D eigenvalue weighted by Crippen LogP contribution is 2.33. The Morgan fingerprint density at radius 1 is 1.20 bits per heavy atom. The Morgan fingerprint density at radius 2 is 1.97 bits per heavy atom. The molecule has 30 heavy (non-hydrogen) atoms. The van der Waals surface area contributed by atoms with Crippen LogP contribution in [0.4, 0.5) is 4.39 Å². The van der Waals surface area contributed by atoms with E-state index in [1.165, 1.54) is 6.07 Å². The maximum absolute atomic E-state index is 13.6. The van der Waals surface area contributed by atoms with Crippen molar-refractivity contribution in [2.75, 3.05) is 13.2 Å². The molecule has 0 unspecified atom stereocenters. The van der Waals surface area contributed by atoms with Crippen molar-refractivity contribution >= 4 is 28.5 Å². The summed E-state index contributed by atoms with van der Waals surface area (Å²) in [6, 6.07) is 10.5. The summed E-state index contributed by atoms with van der Waals surface area (Å²) < 4.78 is 30.8. The molecule has 8 heteroatoms. The van der Waals surface area contributed by atoms with Crippen LogP contribution in [0.1, 0.15) is 12.8 Å². The smallest absolute Gasteiger partial charge is 0.306 e. The molecule has 0 spiro atoms. The van der Waals surface area contributed by atoms with Gasteiger partial charge in [0.2, 0.25) is 0 Å². The van der Waals surface area contributed by atoms with Gasteiger partial charge in [-0.15, -0.1) is 0 Å². The zero-order chi connectivity index (χ0) is 21.3. The lowest BCUT2D eigenvalue weighted by Crippen LogP contribution is -2.37. The minimum atomic E-state index is -0.792. The van der Waals surface area contributed by atoms with Crippen LogP contribution < -0.4 is 10.2 Å². The lowest BCUT2D eigenvalue weighted by molar-refractivity contribution is -0.151. The molecule has 1 N–H and O–H groups in total. The summed E-state index contributed by atoms with van der Waals surface area (Å²) in [6.45, 7) is 0.549. The maximum Gasteiger partial charge on any atom is 0.306 e. The van der Waals surface area contributed by atoms with Gasteiger partial charge in [0, 0.05) is 6.07 Å². The Morgan fingerprint density at radius 3 is 2.73 bits per heavy atom. The van der Waals surface area contributed by atoms with Crippen LogP contribution in [0, 0.1) is 11.7 Å². The summed E-state index contributed by atoms with van der Waals surface area (Å²) in [7, 11) is 0. The molecule has 0 atom stereocenters. The van der Waals surface area contributed by atoms with Gasteiger partial charge in [0.15, 0.2) is 11.0 Å². The number of carboxylic acids is 1. The van der Waals surface area contributed by atoms with Crippen LogP contribution in [-0.2, 0) is 9.53 Å². The Kier molecular flexibility index (Phi) is 5.74. The van der Waals surface area contributed by atoms with E-state index in [1.807, 2.05) is 0 Å². The molecule has 0 bridgehead atoms. The molecule has 3 aromatic rings. The van der Waals surface area contributed by atoms with E-state index in [1.54, 1.807) is 24.3 Å². The van der Waals surface area contributed by atoms with Crippen molar-refractivity contribution in [3.63, 3.8) is 0 Å². The predicted octanol–water partition coefficient (Wildman–Crippen LogP) is 4.51. The lowest BCUT2D eigenvalue weighted by Gasteiger charge is -2.32. The third-order valence-corrected chi connectivity index (χ3v) is 5.32. The molecular weight excluding hydrogens is 415 g/mol. The van der Waals surface area contributed by atoms with E-state index in [0.717, 1.165) is 12.1 Å². The van der Waals surface area contributed by atoms with Crippen molar-refractivity contribution in [2.24, 2.45) is 5.92 Å². The number of ether oxygens (including phenoxy) is 2. The molecule has 4 rings (SSSR count). The van der Waals surface area contributed by atoms with Crippen LogP contribution in [0.2, 0.25) is 5.02 Å². The average molecular weight is 433 g/mol. The van der Waals surface area contributed by atoms with Gasteiger partial charge in [-0.1, -0.05) is 23.7 Å². The summed E-state index contributed by atoms with van der Waals surface area (Å²) in [6.07, 6.45) is 0.955. The Bertz CT molecular complexity index is 1150. The second kappa shape index (κ2) is 8.45. The number of hydrogen-bond donors (Lipinski definition) is 1. The normalized spacial score (nSPS) is 18.2. The molecule has 1 aromatic heterocycles. The first kappa shape index (κ1) is 20.4. The highest BCUT2D eigenvalue weighted by Gasteiger charge is 2.34. The molecule has 0 saturated heterocycles. The fourth-order valence-corrected chi connectivity index (χ4v) is 3.63. The summed E-state index contributed by atoms with van der Waals surface area (Å²) in [5.74, 6) is -0.996. The number of carboxylic acid groups (broad SMARTS) is 1. The Labute approximate surface area is 175 Å². The van der Waals surface area contributed by atoms with Crippen molar-refractivity contribution in [3.8, 4) is 17.1 Å². The van der Waals surface area contributed by atoms with E-state index in [2.05, 4.69) is 0 Å². The molecule has 1 heterocycles. The molecule has 1 fully saturated rings. The highest BCUT2D eigenvalue weighted by atomic mass is 35.5. The number of para-hydroxylation sites is 1. The third-order valence-electron chi connectivity index (χ3n) is 5.04. The van der Waals surface area contributed by atoms with E-state index in [4.69, 9.17) is 30.6 Å². The van der Waals surface area contributed by atoms with Crippen LogP contribution in [0.3, 0.4) is 0 Å². The largest absolute Gasteiger partial charge is 0.490 e. The quantitative estimate of drug-likeness (QED) is 0.553. The molecule has 6 nitrogen and oxygen atoms in total. The van der Waals surface area contributed by atoms with Crippen molar-refractivity contribution in [2.45, 2.75) is 18.9 Å². The first-order valence-electron chi connectivity index (χ1n) is 9.42. The summed E-state index contributed by atoms with van der Waals surface area (Å²) in [4.78, 5) is 23.3. The van der Waals surface area contributed by atoms with Gasteiger partial charge in [-0.3, -0.25) is 9.59 Å². The van der Waals surface area contributed by atoms with Crippen molar-refractivity contribution in [1.82, 2.24) is 0 Å². The van der Waals surface area contributed by atoms with Gasteiger partial charge in [-0.25, -0.2) is 4.39 Å². The standard InChI is InChI=1S/C22H18ClFO6/c23-17-10-13(24)9-16-18(25)11-20(30-21(16)17)15-3-1-2-4-19(15)29-6-5-28-14-7-12(8-14)22(26)27/h1-4,9-12,14H,5-8H2,(H,26,27)/t12-,14-. The number of carbonyl (C=O) groups is 1. The van der Waals surface area contributed by atoms with Gasteiger partial charge in [0.1, 0.15) is 23.9 Å². The van der Waals surface area contributed by atoms with E-state index in [0.29, 0.717) is 30.8 Å². The molecule has 0 radical (unpaired) electrons. The maximum atomic E-state index is 13.6. The molecule has 0 aliphatic heterocycles. The van der Waals surface area contributed by atoms with Crippen LogP contribution in [0.15, 0.2) is 51.7 Å². The first-order chi connectivity index (χ1) is 14.4. The minimum Gasteiger partial charge on any atom is -0.490 e. The SMILES string of the molecule is O=c1cc(-c2ccccc2OCCO[C@H]2C[C@H](C(=O)O)C2)oc2c(Cl)cc(F)cc12. The average Bonchev–Trinajstić information content (AvgIpc) is 2.67. The fraction of sp³-hybridized carbons (Fsp3) is 0.273. The number of fused-ring (bicyclic) bond motifs is 1. The number of rotatable bonds is 7. The second-order valence-corrected chi connectivity index (χ2v) is 7.49. The van der Waals surface area contributed by atoms with Gasteiger partial charge in [-0.2, -0.15) is 0 Å². The van der Waals surface area contributed by atoms with E-state index < -0.39 is 17.2 Å². The minimum absolute atomic E-state index is 0.0101. The van der Waals surface area contributed by atoms with Crippen LogP contribution in [0.25, 0.3) is 22.3 Å². The lowest BCUT2D eigenvalue weighted by atomic mass is 9.82. The topological polar surface area (TPSA) is 86.0 Å². The van der Waals surface area contributed by atoms with Crippen molar-refractivity contribution in [3.05, 3.63) is 63.5 Å². The van der Waals surface area contributed by atoms with Gasteiger partial charge < -0.3 is 19.0 Å². The monoisotopic (exact) mass is 432 g/mol. The fourth-order valence-electron chi connectivity index (χ4n) is 3.38. The van der Waals surface area contributed by atoms with Crippen LogP contribution in [0.5, 0.6) is 5.75 Å². The summed E-state index contributed by atoms with van der Waals surface area (Å²) >= 11 is 6.06. The number of halogens is 2. The molecular formula is C22H18ClFO6. The molecule has 156 valence electrons. The summed E-state index contributed by atoms with van der Waals surface area (Å²) in [5.41, 5.74) is 0.243. The Hall–Kier alpha value is -2.90. The van der Waals surface area contributed by atoms with Crippen LogP contribution >= 0.6 is 11.6 Å². The van der Waals surface area contributed by atoms with Crippen molar-refractivity contribution < 1.29 is 28.2 Å². The highest BCUT2D eigenvalue weighted by molar-refractivity contribution is 6.34. The second-order valence-electron chi connectivity index (χ2n) is 7.08. The molecule has 1 aliphatic rings. The van der Waals surface area contributed by atoms with Gasteiger partial charge >= 0.3 is 5.97 Å². The van der Waals surface area contributed by atoms with Crippen molar-refractivity contribution in [1.29, 1.82) is 0 Å².